The smallest absolute Gasteiger partial charge is 0.404 e. The van der Waals surface area contributed by atoms with Gasteiger partial charge in [-0.1, -0.05) is 38.1 Å². The molecule has 0 fully saturated rings. The average molecular weight is 273 g/mol. The van der Waals surface area contributed by atoms with Crippen molar-refractivity contribution in [1.29, 1.82) is 0 Å². The highest BCUT2D eigenvalue weighted by atomic mass is 16.4. The summed E-state index contributed by atoms with van der Waals surface area (Å²) in [5.74, 6) is 0.849. The third-order valence-electron chi connectivity index (χ3n) is 3.50. The Hall–Kier alpha value is -2.23. The van der Waals surface area contributed by atoms with Gasteiger partial charge in [0.25, 0.3) is 0 Å². The van der Waals surface area contributed by atoms with Gasteiger partial charge in [-0.15, -0.1) is 0 Å². The van der Waals surface area contributed by atoms with E-state index in [1.165, 1.54) is 5.56 Å². The molecule has 1 aromatic heterocycles. The van der Waals surface area contributed by atoms with Gasteiger partial charge in [0, 0.05) is 12.1 Å². The molecule has 4 heteroatoms. The summed E-state index contributed by atoms with van der Waals surface area (Å²) in [6, 6.07) is 12.0. The van der Waals surface area contributed by atoms with E-state index < -0.39 is 6.09 Å². The van der Waals surface area contributed by atoms with Crippen molar-refractivity contribution in [1.82, 2.24) is 5.32 Å². The van der Waals surface area contributed by atoms with Crippen LogP contribution in [0.15, 0.2) is 47.1 Å². The minimum Gasteiger partial charge on any atom is -0.465 e. The maximum Gasteiger partial charge on any atom is 0.404 e. The van der Waals surface area contributed by atoms with Crippen molar-refractivity contribution >= 4 is 6.09 Å². The van der Waals surface area contributed by atoms with Crippen LogP contribution in [0.3, 0.4) is 0 Å². The molecule has 2 N–H and O–H groups in total. The van der Waals surface area contributed by atoms with Crippen LogP contribution in [0, 0.1) is 0 Å². The van der Waals surface area contributed by atoms with Crippen molar-refractivity contribution in [3.63, 3.8) is 0 Å². The van der Waals surface area contributed by atoms with Crippen molar-refractivity contribution in [2.24, 2.45) is 0 Å². The number of hydrogen-bond donors (Lipinski definition) is 2. The molecule has 1 aromatic carbocycles. The molecule has 4 nitrogen and oxygen atoms in total. The first-order valence-corrected chi connectivity index (χ1v) is 6.60. The molecule has 1 amide bonds. The number of furan rings is 1. The number of nitrogens with one attached hydrogen (secondary N) is 1. The van der Waals surface area contributed by atoms with Gasteiger partial charge in [-0.25, -0.2) is 4.79 Å². The summed E-state index contributed by atoms with van der Waals surface area (Å²) in [5, 5.41) is 11.0. The highest BCUT2D eigenvalue weighted by Crippen LogP contribution is 2.29. The number of amides is 1. The first kappa shape index (κ1) is 14.2. The molecule has 0 spiro atoms. The van der Waals surface area contributed by atoms with Crippen molar-refractivity contribution in [3.8, 4) is 11.3 Å². The predicted molar refractivity (Wildman–Crippen MR) is 77.8 cm³/mol. The molecule has 0 atom stereocenters. The molecule has 0 unspecified atom stereocenters. The van der Waals surface area contributed by atoms with E-state index in [0.717, 1.165) is 17.7 Å². The van der Waals surface area contributed by atoms with Crippen LogP contribution in [-0.2, 0) is 5.41 Å². The zero-order valence-electron chi connectivity index (χ0n) is 11.7. The van der Waals surface area contributed by atoms with E-state index in [-0.39, 0.29) is 5.41 Å². The Morgan fingerprint density at radius 3 is 2.50 bits per heavy atom. The van der Waals surface area contributed by atoms with Crippen LogP contribution in [-0.4, -0.2) is 17.7 Å². The van der Waals surface area contributed by atoms with E-state index in [9.17, 15) is 4.79 Å². The Kier molecular flexibility index (Phi) is 4.13. The van der Waals surface area contributed by atoms with Gasteiger partial charge >= 0.3 is 6.09 Å². The highest BCUT2D eigenvalue weighted by Gasteiger charge is 2.20. The van der Waals surface area contributed by atoms with Gasteiger partial charge in [0.2, 0.25) is 0 Å². The second-order valence-corrected chi connectivity index (χ2v) is 5.42. The van der Waals surface area contributed by atoms with Crippen LogP contribution in [0.4, 0.5) is 4.79 Å². The zero-order chi connectivity index (χ0) is 14.6. The number of rotatable bonds is 5. The van der Waals surface area contributed by atoms with Crippen molar-refractivity contribution in [3.05, 3.63) is 48.2 Å². The fourth-order valence-electron chi connectivity index (χ4n) is 2.15. The number of hydrogen-bond acceptors (Lipinski definition) is 2. The van der Waals surface area contributed by atoms with E-state index in [4.69, 9.17) is 9.52 Å². The van der Waals surface area contributed by atoms with Crippen molar-refractivity contribution in [2.45, 2.75) is 25.7 Å². The lowest BCUT2D eigenvalue weighted by Gasteiger charge is -2.25. The van der Waals surface area contributed by atoms with Gasteiger partial charge < -0.3 is 14.8 Å². The van der Waals surface area contributed by atoms with E-state index in [0.29, 0.717) is 6.54 Å². The predicted octanol–water partition coefficient (Wildman–Crippen LogP) is 3.88. The molecule has 20 heavy (non-hydrogen) atoms. The number of benzene rings is 1. The Labute approximate surface area is 118 Å². The average Bonchev–Trinajstić information content (AvgIpc) is 2.92. The van der Waals surface area contributed by atoms with Gasteiger partial charge in [0.15, 0.2) is 0 Å². The van der Waals surface area contributed by atoms with E-state index in [1.807, 2.05) is 24.3 Å². The van der Waals surface area contributed by atoms with Gasteiger partial charge in [-0.2, -0.15) is 0 Å². The SMILES string of the molecule is CC(C)(CCNC(=O)O)c1ccc(-c2ccco2)cc1. The summed E-state index contributed by atoms with van der Waals surface area (Å²) in [6.45, 7) is 4.67. The lowest BCUT2D eigenvalue weighted by Crippen LogP contribution is -2.28. The monoisotopic (exact) mass is 273 g/mol. The quantitative estimate of drug-likeness (QED) is 0.869. The largest absolute Gasteiger partial charge is 0.465 e. The third-order valence-corrected chi connectivity index (χ3v) is 3.50. The van der Waals surface area contributed by atoms with Crippen LogP contribution in [0.25, 0.3) is 11.3 Å². The Morgan fingerprint density at radius 2 is 1.95 bits per heavy atom. The van der Waals surface area contributed by atoms with Crippen LogP contribution in [0.2, 0.25) is 0 Å². The Morgan fingerprint density at radius 1 is 1.25 bits per heavy atom. The third kappa shape index (κ3) is 3.41. The standard InChI is InChI=1S/C16H19NO3/c1-16(2,9-10-17-15(18)19)13-7-5-12(6-8-13)14-4-3-11-20-14/h3-8,11,17H,9-10H2,1-2H3,(H,18,19). The summed E-state index contributed by atoms with van der Waals surface area (Å²) in [4.78, 5) is 10.5. The van der Waals surface area contributed by atoms with Crippen LogP contribution in [0.1, 0.15) is 25.8 Å². The first-order chi connectivity index (χ1) is 9.49. The van der Waals surface area contributed by atoms with Crippen molar-refractivity contribution in [2.75, 3.05) is 6.54 Å². The molecule has 0 saturated carbocycles. The topological polar surface area (TPSA) is 62.5 Å². The summed E-state index contributed by atoms with van der Waals surface area (Å²) in [5.41, 5.74) is 2.14. The van der Waals surface area contributed by atoms with Gasteiger partial charge in [0.05, 0.1) is 6.26 Å². The fraction of sp³-hybridized carbons (Fsp3) is 0.312. The van der Waals surface area contributed by atoms with Crippen LogP contribution in [0.5, 0.6) is 0 Å². The molecule has 1 heterocycles. The van der Waals surface area contributed by atoms with E-state index in [1.54, 1.807) is 6.26 Å². The molecule has 0 bridgehead atoms. The van der Waals surface area contributed by atoms with Gasteiger partial charge in [-0.05, 0) is 29.5 Å². The highest BCUT2D eigenvalue weighted by molar-refractivity contribution is 5.64. The van der Waals surface area contributed by atoms with E-state index in [2.05, 4.69) is 31.3 Å². The number of carboxylic acid groups (broad SMARTS) is 1. The second kappa shape index (κ2) is 5.82. The normalized spacial score (nSPS) is 11.3. The molecular weight excluding hydrogens is 254 g/mol. The molecule has 2 rings (SSSR count). The first-order valence-electron chi connectivity index (χ1n) is 6.60. The molecule has 0 saturated heterocycles. The van der Waals surface area contributed by atoms with Crippen LogP contribution < -0.4 is 5.32 Å². The van der Waals surface area contributed by atoms with Gasteiger partial charge in [0.1, 0.15) is 5.76 Å². The van der Waals surface area contributed by atoms with Gasteiger partial charge in [-0.3, -0.25) is 0 Å². The molecule has 0 aliphatic carbocycles. The second-order valence-electron chi connectivity index (χ2n) is 5.42. The fourth-order valence-corrected chi connectivity index (χ4v) is 2.15. The molecular formula is C16H19NO3. The molecule has 0 radical (unpaired) electrons. The molecule has 0 aliphatic rings. The van der Waals surface area contributed by atoms with Crippen molar-refractivity contribution < 1.29 is 14.3 Å². The molecule has 0 aliphatic heterocycles. The maximum absolute atomic E-state index is 10.5. The van der Waals surface area contributed by atoms with Crippen LogP contribution >= 0.6 is 0 Å². The lowest BCUT2D eigenvalue weighted by molar-refractivity contribution is 0.193. The number of carbonyl (C=O) groups is 1. The summed E-state index contributed by atoms with van der Waals surface area (Å²) < 4.78 is 5.36. The minimum absolute atomic E-state index is 0.0792. The molecule has 106 valence electrons. The maximum atomic E-state index is 10.5. The summed E-state index contributed by atoms with van der Waals surface area (Å²) >= 11 is 0. The zero-order valence-corrected chi connectivity index (χ0v) is 11.7. The minimum atomic E-state index is -0.978. The summed E-state index contributed by atoms with van der Waals surface area (Å²) in [6.07, 6.45) is 1.43. The van der Waals surface area contributed by atoms with E-state index >= 15 is 0 Å². The molecule has 2 aromatic rings. The Bertz CT molecular complexity index is 556. The Balaban J connectivity index is 2.06. The summed E-state index contributed by atoms with van der Waals surface area (Å²) in [7, 11) is 0. The lowest BCUT2D eigenvalue weighted by atomic mass is 9.81.